The van der Waals surface area contributed by atoms with Crippen molar-refractivity contribution < 1.29 is 9.47 Å². The summed E-state index contributed by atoms with van der Waals surface area (Å²) in [5, 5.41) is 3.30. The highest BCUT2D eigenvalue weighted by atomic mass is 16.7. The van der Waals surface area contributed by atoms with Gasteiger partial charge in [-0.3, -0.25) is 4.98 Å². The molecule has 15 heavy (non-hydrogen) atoms. The highest BCUT2D eigenvalue weighted by molar-refractivity contribution is 5.19. The fourth-order valence-corrected chi connectivity index (χ4v) is 1.04. The number of hydrogen-bond acceptors (Lipinski definition) is 4. The number of rotatable bonds is 6. The van der Waals surface area contributed by atoms with Crippen molar-refractivity contribution in [3.8, 4) is 5.75 Å². The van der Waals surface area contributed by atoms with Gasteiger partial charge < -0.3 is 14.8 Å². The van der Waals surface area contributed by atoms with Gasteiger partial charge in [-0.15, -0.1) is 0 Å². The average molecular weight is 210 g/mol. The minimum atomic E-state index is 0.255. The number of nitrogens with zero attached hydrogens (tertiary/aromatic N) is 1. The maximum absolute atomic E-state index is 5.23. The highest BCUT2D eigenvalue weighted by Gasteiger charge is 1.98. The molecule has 4 nitrogen and oxygen atoms in total. The van der Waals surface area contributed by atoms with Gasteiger partial charge in [-0.1, -0.05) is 13.8 Å². The highest BCUT2D eigenvalue weighted by Crippen LogP contribution is 2.08. The van der Waals surface area contributed by atoms with E-state index in [2.05, 4.69) is 24.1 Å². The molecule has 0 radical (unpaired) electrons. The Balaban J connectivity index is 2.41. The second-order valence-electron chi connectivity index (χ2n) is 3.57. The van der Waals surface area contributed by atoms with E-state index in [0.717, 1.165) is 18.0 Å². The van der Waals surface area contributed by atoms with Crippen LogP contribution in [0.4, 0.5) is 0 Å². The summed E-state index contributed by atoms with van der Waals surface area (Å²) >= 11 is 0. The van der Waals surface area contributed by atoms with Crippen molar-refractivity contribution in [3.63, 3.8) is 0 Å². The third kappa shape index (κ3) is 4.76. The summed E-state index contributed by atoms with van der Waals surface area (Å²) in [4.78, 5) is 4.26. The number of nitrogens with one attached hydrogen (secondary N) is 1. The van der Waals surface area contributed by atoms with E-state index in [1.165, 1.54) is 0 Å². The van der Waals surface area contributed by atoms with Crippen molar-refractivity contribution in [1.82, 2.24) is 10.3 Å². The number of pyridine rings is 1. The molecule has 0 fully saturated rings. The van der Waals surface area contributed by atoms with Crippen molar-refractivity contribution in [3.05, 3.63) is 24.0 Å². The largest absolute Gasteiger partial charge is 0.466 e. The van der Waals surface area contributed by atoms with Gasteiger partial charge in [0.05, 0.1) is 11.9 Å². The molecule has 1 rings (SSSR count). The van der Waals surface area contributed by atoms with Gasteiger partial charge >= 0.3 is 0 Å². The first-order valence-electron chi connectivity index (χ1n) is 5.02. The first kappa shape index (κ1) is 11.9. The SMILES string of the molecule is COCOc1ccc(CNC(C)C)nc1. The summed E-state index contributed by atoms with van der Waals surface area (Å²) in [7, 11) is 1.59. The molecule has 0 saturated carbocycles. The van der Waals surface area contributed by atoms with Gasteiger partial charge in [0.1, 0.15) is 5.75 Å². The molecule has 0 unspecified atom stereocenters. The van der Waals surface area contributed by atoms with Gasteiger partial charge in [0.2, 0.25) is 0 Å². The molecule has 0 spiro atoms. The van der Waals surface area contributed by atoms with Gasteiger partial charge in [0, 0.05) is 19.7 Å². The zero-order valence-electron chi connectivity index (χ0n) is 9.49. The Morgan fingerprint density at radius 3 is 2.73 bits per heavy atom. The van der Waals surface area contributed by atoms with Crippen LogP contribution in [0.2, 0.25) is 0 Å². The summed E-state index contributed by atoms with van der Waals surface area (Å²) in [6.07, 6.45) is 1.70. The summed E-state index contributed by atoms with van der Waals surface area (Å²) < 4.78 is 10.0. The number of aromatic nitrogens is 1. The Bertz CT molecular complexity index is 272. The number of ether oxygens (including phenoxy) is 2. The molecule has 1 N–H and O–H groups in total. The monoisotopic (exact) mass is 210 g/mol. The molecule has 0 saturated heterocycles. The standard InChI is InChI=1S/C11H18N2O2/c1-9(2)12-6-10-4-5-11(7-13-10)15-8-14-3/h4-5,7,9,12H,6,8H2,1-3H3. The van der Waals surface area contributed by atoms with Crippen LogP contribution in [0.25, 0.3) is 0 Å². The Morgan fingerprint density at radius 2 is 2.20 bits per heavy atom. The first-order chi connectivity index (χ1) is 7.22. The van der Waals surface area contributed by atoms with Crippen molar-refractivity contribution in [2.45, 2.75) is 26.4 Å². The molecule has 0 bridgehead atoms. The summed E-state index contributed by atoms with van der Waals surface area (Å²) in [5.41, 5.74) is 1.01. The van der Waals surface area contributed by atoms with Crippen molar-refractivity contribution in [2.75, 3.05) is 13.9 Å². The maximum Gasteiger partial charge on any atom is 0.188 e. The van der Waals surface area contributed by atoms with Crippen LogP contribution in [-0.2, 0) is 11.3 Å². The average Bonchev–Trinajstić information content (AvgIpc) is 2.25. The first-order valence-corrected chi connectivity index (χ1v) is 5.02. The lowest BCUT2D eigenvalue weighted by Gasteiger charge is -2.08. The Morgan fingerprint density at radius 1 is 1.40 bits per heavy atom. The fraction of sp³-hybridized carbons (Fsp3) is 0.545. The molecule has 1 aromatic heterocycles. The molecule has 0 aliphatic heterocycles. The van der Waals surface area contributed by atoms with Crippen molar-refractivity contribution >= 4 is 0 Å². The molecule has 0 atom stereocenters. The quantitative estimate of drug-likeness (QED) is 0.724. The Kier molecular flexibility index (Phi) is 5.07. The van der Waals surface area contributed by atoms with Crippen LogP contribution < -0.4 is 10.1 Å². The molecule has 0 aliphatic carbocycles. The third-order valence-electron chi connectivity index (χ3n) is 1.83. The summed E-state index contributed by atoms with van der Waals surface area (Å²) in [5.74, 6) is 0.727. The van der Waals surface area contributed by atoms with Crippen LogP contribution in [0.3, 0.4) is 0 Å². The molecule has 0 aromatic carbocycles. The van der Waals surface area contributed by atoms with Gasteiger partial charge in [0.25, 0.3) is 0 Å². The van der Waals surface area contributed by atoms with Crippen LogP contribution >= 0.6 is 0 Å². The van der Waals surface area contributed by atoms with Gasteiger partial charge in [-0.05, 0) is 12.1 Å². The fourth-order valence-electron chi connectivity index (χ4n) is 1.04. The van der Waals surface area contributed by atoms with Gasteiger partial charge in [-0.2, -0.15) is 0 Å². The molecular weight excluding hydrogens is 192 g/mol. The molecule has 4 heteroatoms. The molecule has 0 aliphatic rings. The second kappa shape index (κ2) is 6.37. The van der Waals surface area contributed by atoms with E-state index in [9.17, 15) is 0 Å². The molecule has 0 amide bonds. The van der Waals surface area contributed by atoms with Gasteiger partial charge in [0.15, 0.2) is 6.79 Å². The number of hydrogen-bond donors (Lipinski definition) is 1. The number of methoxy groups -OCH3 is 1. The Hall–Kier alpha value is -1.13. The Labute approximate surface area is 90.6 Å². The normalized spacial score (nSPS) is 10.7. The minimum absolute atomic E-state index is 0.255. The van der Waals surface area contributed by atoms with Gasteiger partial charge in [-0.25, -0.2) is 0 Å². The summed E-state index contributed by atoms with van der Waals surface area (Å²) in [6.45, 7) is 5.25. The van der Waals surface area contributed by atoms with E-state index in [-0.39, 0.29) is 6.79 Å². The molecular formula is C11H18N2O2. The zero-order valence-corrected chi connectivity index (χ0v) is 9.49. The van der Waals surface area contributed by atoms with Crippen LogP contribution in [0.5, 0.6) is 5.75 Å². The van der Waals surface area contributed by atoms with Crippen LogP contribution in [-0.4, -0.2) is 24.9 Å². The van der Waals surface area contributed by atoms with E-state index in [0.29, 0.717) is 6.04 Å². The maximum atomic E-state index is 5.23. The molecule has 84 valence electrons. The van der Waals surface area contributed by atoms with E-state index in [1.807, 2.05) is 12.1 Å². The predicted molar refractivity (Wildman–Crippen MR) is 58.7 cm³/mol. The molecule has 1 aromatic rings. The van der Waals surface area contributed by atoms with E-state index in [4.69, 9.17) is 9.47 Å². The lowest BCUT2D eigenvalue weighted by atomic mass is 10.3. The van der Waals surface area contributed by atoms with Crippen LogP contribution in [0, 0.1) is 0 Å². The van der Waals surface area contributed by atoms with Crippen molar-refractivity contribution in [2.24, 2.45) is 0 Å². The second-order valence-corrected chi connectivity index (χ2v) is 3.57. The van der Waals surface area contributed by atoms with Crippen LogP contribution in [0.15, 0.2) is 18.3 Å². The lowest BCUT2D eigenvalue weighted by molar-refractivity contribution is 0.0508. The smallest absolute Gasteiger partial charge is 0.188 e. The van der Waals surface area contributed by atoms with Crippen LogP contribution in [0.1, 0.15) is 19.5 Å². The summed E-state index contributed by atoms with van der Waals surface area (Å²) in [6, 6.07) is 4.31. The predicted octanol–water partition coefficient (Wildman–Crippen LogP) is 1.56. The zero-order chi connectivity index (χ0) is 11.1. The minimum Gasteiger partial charge on any atom is -0.466 e. The molecule has 1 heterocycles. The third-order valence-corrected chi connectivity index (χ3v) is 1.83. The van der Waals surface area contributed by atoms with E-state index < -0.39 is 0 Å². The topological polar surface area (TPSA) is 43.4 Å². The van der Waals surface area contributed by atoms with E-state index in [1.54, 1.807) is 13.3 Å². The lowest BCUT2D eigenvalue weighted by Crippen LogP contribution is -2.22. The van der Waals surface area contributed by atoms with E-state index >= 15 is 0 Å². The van der Waals surface area contributed by atoms with Crippen molar-refractivity contribution in [1.29, 1.82) is 0 Å².